The number of nitrogens with zero attached hydrogens (tertiary/aromatic N) is 2. The van der Waals surface area contributed by atoms with Gasteiger partial charge in [-0.1, -0.05) is 0 Å². The maximum atomic E-state index is 12.0. The normalized spacial score (nSPS) is 14.6. The van der Waals surface area contributed by atoms with Gasteiger partial charge in [0, 0.05) is 19.3 Å². The number of carboxylic acid groups (broad SMARTS) is 1. The van der Waals surface area contributed by atoms with Crippen LogP contribution in [0.2, 0.25) is 0 Å². The van der Waals surface area contributed by atoms with Gasteiger partial charge >= 0.3 is 5.97 Å². The van der Waals surface area contributed by atoms with Crippen molar-refractivity contribution in [3.8, 4) is 0 Å². The molecule has 5 nitrogen and oxygen atoms in total. The number of hydrogen-bond donors (Lipinski definition) is 1. The molecule has 1 N–H and O–H groups in total. The second-order valence-electron chi connectivity index (χ2n) is 3.85. The minimum atomic E-state index is -1.12. The van der Waals surface area contributed by atoms with Crippen LogP contribution in [0.3, 0.4) is 0 Å². The average molecular weight is 220 g/mol. The quantitative estimate of drug-likeness (QED) is 0.825. The second kappa shape index (κ2) is 3.92. The van der Waals surface area contributed by atoms with Gasteiger partial charge in [0.15, 0.2) is 0 Å². The van der Waals surface area contributed by atoms with Gasteiger partial charge in [0.25, 0.3) is 5.91 Å². The minimum absolute atomic E-state index is 0.0180. The Balaban J connectivity index is 2.31. The molecule has 1 amide bonds. The van der Waals surface area contributed by atoms with Gasteiger partial charge in [-0.05, 0) is 25.0 Å². The summed E-state index contributed by atoms with van der Waals surface area (Å²) in [5.41, 5.74) is -0.0237. The lowest BCUT2D eigenvalue weighted by molar-refractivity contribution is 0.0678. The summed E-state index contributed by atoms with van der Waals surface area (Å²) in [6.45, 7) is 0. The monoisotopic (exact) mass is 220 g/mol. The first-order valence-electron chi connectivity index (χ1n) is 5.06. The molecule has 5 heteroatoms. The molecule has 0 radical (unpaired) electrons. The van der Waals surface area contributed by atoms with Gasteiger partial charge in [0.1, 0.15) is 5.69 Å². The van der Waals surface area contributed by atoms with Crippen LogP contribution in [-0.4, -0.2) is 40.0 Å². The highest BCUT2D eigenvalue weighted by atomic mass is 16.4. The summed E-state index contributed by atoms with van der Waals surface area (Å²) < 4.78 is 0. The van der Waals surface area contributed by atoms with Crippen molar-refractivity contribution < 1.29 is 14.7 Å². The van der Waals surface area contributed by atoms with E-state index in [9.17, 15) is 9.59 Å². The highest BCUT2D eigenvalue weighted by Gasteiger charge is 2.32. The number of amides is 1. The van der Waals surface area contributed by atoms with Crippen molar-refractivity contribution in [3.63, 3.8) is 0 Å². The van der Waals surface area contributed by atoms with Gasteiger partial charge < -0.3 is 10.0 Å². The third-order valence-corrected chi connectivity index (χ3v) is 2.66. The molecule has 1 saturated carbocycles. The maximum absolute atomic E-state index is 12.0. The van der Waals surface area contributed by atoms with Crippen LogP contribution in [-0.2, 0) is 0 Å². The third-order valence-electron chi connectivity index (χ3n) is 2.66. The van der Waals surface area contributed by atoms with Crippen molar-refractivity contribution in [1.82, 2.24) is 9.88 Å². The molecule has 0 atom stereocenters. The Bertz CT molecular complexity index is 441. The van der Waals surface area contributed by atoms with Crippen LogP contribution < -0.4 is 0 Å². The van der Waals surface area contributed by atoms with Crippen LogP contribution in [0.25, 0.3) is 0 Å². The van der Waals surface area contributed by atoms with Crippen molar-refractivity contribution in [2.24, 2.45) is 0 Å². The Kier molecular flexibility index (Phi) is 2.60. The molecule has 16 heavy (non-hydrogen) atoms. The minimum Gasteiger partial charge on any atom is -0.478 e. The van der Waals surface area contributed by atoms with Gasteiger partial charge in [-0.2, -0.15) is 0 Å². The molecule has 1 aromatic rings. The predicted octanol–water partition coefficient (Wildman–Crippen LogP) is 1.01. The molecule has 0 aliphatic heterocycles. The lowest BCUT2D eigenvalue weighted by Gasteiger charge is -2.16. The second-order valence-corrected chi connectivity index (χ2v) is 3.85. The largest absolute Gasteiger partial charge is 0.478 e. The van der Waals surface area contributed by atoms with E-state index >= 15 is 0 Å². The molecule has 2 rings (SSSR count). The summed E-state index contributed by atoms with van der Waals surface area (Å²) in [6.07, 6.45) is 3.40. The summed E-state index contributed by atoms with van der Waals surface area (Å²) in [7, 11) is 1.68. The molecule has 1 fully saturated rings. The third kappa shape index (κ3) is 1.88. The first-order valence-corrected chi connectivity index (χ1v) is 5.06. The van der Waals surface area contributed by atoms with E-state index < -0.39 is 5.97 Å². The standard InChI is InChI=1S/C11H12N2O3/c1-13(7-4-5-7)10(14)9-8(11(15)16)3-2-6-12-9/h2-3,6-7H,4-5H2,1H3,(H,15,16). The number of hydrogen-bond acceptors (Lipinski definition) is 3. The SMILES string of the molecule is CN(C(=O)c1ncccc1C(=O)O)C1CC1. The summed E-state index contributed by atoms with van der Waals surface area (Å²) in [5.74, 6) is -1.44. The number of carboxylic acids is 1. The Morgan fingerprint density at radius 2 is 2.19 bits per heavy atom. The molecule has 1 heterocycles. The summed E-state index contributed by atoms with van der Waals surface area (Å²) in [4.78, 5) is 28.3. The molecule has 1 aliphatic rings. The fourth-order valence-electron chi connectivity index (χ4n) is 1.54. The van der Waals surface area contributed by atoms with Crippen molar-refractivity contribution in [3.05, 3.63) is 29.6 Å². The molecule has 84 valence electrons. The van der Waals surface area contributed by atoms with Crippen molar-refractivity contribution in [1.29, 1.82) is 0 Å². The smallest absolute Gasteiger partial charge is 0.338 e. The van der Waals surface area contributed by atoms with Gasteiger partial charge in [0.05, 0.1) is 5.56 Å². The van der Waals surface area contributed by atoms with Gasteiger partial charge in [0.2, 0.25) is 0 Å². The number of carbonyl (C=O) groups is 2. The maximum Gasteiger partial charge on any atom is 0.338 e. The molecule has 1 aromatic heterocycles. The lowest BCUT2D eigenvalue weighted by Crippen LogP contribution is -2.30. The first kappa shape index (κ1) is 10.6. The molecular weight excluding hydrogens is 208 g/mol. The summed E-state index contributed by atoms with van der Waals surface area (Å²) in [6, 6.07) is 3.15. The zero-order chi connectivity index (χ0) is 11.7. The number of aromatic carboxylic acids is 1. The fraction of sp³-hybridized carbons (Fsp3) is 0.364. The van der Waals surface area contributed by atoms with Crippen molar-refractivity contribution in [2.75, 3.05) is 7.05 Å². The average Bonchev–Trinajstić information content (AvgIpc) is 3.11. The Morgan fingerprint density at radius 1 is 1.50 bits per heavy atom. The molecule has 0 spiro atoms. The van der Waals surface area contributed by atoms with E-state index in [0.29, 0.717) is 0 Å². The number of rotatable bonds is 3. The zero-order valence-electron chi connectivity index (χ0n) is 8.88. The number of carbonyl (C=O) groups excluding carboxylic acids is 1. The van der Waals surface area contributed by atoms with E-state index in [-0.39, 0.29) is 23.2 Å². The fourth-order valence-corrected chi connectivity index (χ4v) is 1.54. The Labute approximate surface area is 92.7 Å². The summed E-state index contributed by atoms with van der Waals surface area (Å²) >= 11 is 0. The van der Waals surface area contributed by atoms with Crippen LogP contribution in [0.4, 0.5) is 0 Å². The van der Waals surface area contributed by atoms with Crippen LogP contribution in [0.5, 0.6) is 0 Å². The zero-order valence-corrected chi connectivity index (χ0v) is 8.88. The topological polar surface area (TPSA) is 70.5 Å². The molecule has 0 saturated heterocycles. The van der Waals surface area contributed by atoms with E-state index in [1.165, 1.54) is 18.3 Å². The first-order chi connectivity index (χ1) is 7.61. The molecule has 1 aliphatic carbocycles. The lowest BCUT2D eigenvalue weighted by atomic mass is 10.2. The van der Waals surface area contributed by atoms with Gasteiger partial charge in [-0.15, -0.1) is 0 Å². The highest BCUT2D eigenvalue weighted by molar-refractivity contribution is 6.03. The van der Waals surface area contributed by atoms with E-state index in [2.05, 4.69) is 4.98 Å². The van der Waals surface area contributed by atoms with E-state index in [4.69, 9.17) is 5.11 Å². The van der Waals surface area contributed by atoms with Crippen LogP contribution in [0.1, 0.15) is 33.7 Å². The van der Waals surface area contributed by atoms with Crippen molar-refractivity contribution in [2.45, 2.75) is 18.9 Å². The number of aromatic nitrogens is 1. The molecule has 0 unspecified atom stereocenters. The predicted molar refractivity (Wildman–Crippen MR) is 56.3 cm³/mol. The van der Waals surface area contributed by atoms with E-state index in [0.717, 1.165) is 12.8 Å². The van der Waals surface area contributed by atoms with Crippen molar-refractivity contribution >= 4 is 11.9 Å². The highest BCUT2D eigenvalue weighted by Crippen LogP contribution is 2.26. The Hall–Kier alpha value is -1.91. The Morgan fingerprint density at radius 3 is 2.75 bits per heavy atom. The van der Waals surface area contributed by atoms with Crippen LogP contribution in [0, 0.1) is 0 Å². The van der Waals surface area contributed by atoms with E-state index in [1.807, 2.05) is 0 Å². The number of pyridine rings is 1. The van der Waals surface area contributed by atoms with Crippen LogP contribution in [0.15, 0.2) is 18.3 Å². The molecule has 0 aromatic carbocycles. The molecular formula is C11H12N2O3. The van der Waals surface area contributed by atoms with Crippen LogP contribution >= 0.6 is 0 Å². The van der Waals surface area contributed by atoms with E-state index in [1.54, 1.807) is 11.9 Å². The van der Waals surface area contributed by atoms with Gasteiger partial charge in [-0.3, -0.25) is 9.78 Å². The van der Waals surface area contributed by atoms with Gasteiger partial charge in [-0.25, -0.2) is 4.79 Å². The molecule has 0 bridgehead atoms. The summed E-state index contributed by atoms with van der Waals surface area (Å²) in [5, 5.41) is 8.94.